The Bertz CT molecular complexity index is 2890. The Morgan fingerprint density at radius 1 is 0.650 bits per heavy atom. The molecule has 8 rings (SSSR count). The van der Waals surface area contributed by atoms with Crippen molar-refractivity contribution in [2.24, 2.45) is 0 Å². The third-order valence-corrected chi connectivity index (χ3v) is 11.4. The number of imidazole rings is 1. The molecule has 0 fully saturated rings. The third kappa shape index (κ3) is 8.28. The van der Waals surface area contributed by atoms with E-state index in [0.717, 1.165) is 89.2 Å². The Labute approximate surface area is 372 Å². The number of pyridine rings is 1. The van der Waals surface area contributed by atoms with Gasteiger partial charge in [-0.3, -0.25) is 9.55 Å². The molecule has 60 heavy (non-hydrogen) atoms. The molecule has 306 valence electrons. The van der Waals surface area contributed by atoms with Gasteiger partial charge in [-0.1, -0.05) is 157 Å². The number of phenolic OH excluding ortho intramolecular Hbond substituents is 1. The number of aromatic hydroxyl groups is 1. The average molecular weight is 969 g/mol. The van der Waals surface area contributed by atoms with Crippen LogP contribution >= 0.6 is 0 Å². The second-order valence-corrected chi connectivity index (χ2v) is 18.2. The molecular formula is C55H54N3OPt-. The minimum absolute atomic E-state index is 0. The molecule has 0 spiro atoms. The van der Waals surface area contributed by atoms with Gasteiger partial charge in [0.05, 0.1) is 22.3 Å². The van der Waals surface area contributed by atoms with Gasteiger partial charge < -0.3 is 5.11 Å². The van der Waals surface area contributed by atoms with Crippen molar-refractivity contribution in [1.82, 2.24) is 14.5 Å². The van der Waals surface area contributed by atoms with Gasteiger partial charge in [0.15, 0.2) is 0 Å². The number of phenols is 1. The van der Waals surface area contributed by atoms with E-state index in [9.17, 15) is 5.11 Å². The molecule has 4 nitrogen and oxygen atoms in total. The maximum Gasteiger partial charge on any atom is 0.148 e. The molecule has 6 aromatic carbocycles. The van der Waals surface area contributed by atoms with Crippen molar-refractivity contribution in [2.75, 3.05) is 0 Å². The van der Waals surface area contributed by atoms with Crippen LogP contribution in [0.5, 0.6) is 5.75 Å². The molecule has 0 atom stereocenters. The van der Waals surface area contributed by atoms with Crippen LogP contribution < -0.4 is 0 Å². The summed E-state index contributed by atoms with van der Waals surface area (Å²) in [6.45, 7) is 21.2. The van der Waals surface area contributed by atoms with E-state index in [1.807, 2.05) is 51.2 Å². The maximum absolute atomic E-state index is 11.9. The summed E-state index contributed by atoms with van der Waals surface area (Å²) in [5.74, 6) is 0.230. The van der Waals surface area contributed by atoms with Gasteiger partial charge in [0.25, 0.3) is 0 Å². The Balaban J connectivity index is 0.00000561. The number of para-hydroxylation sites is 1. The van der Waals surface area contributed by atoms with Crippen molar-refractivity contribution in [1.29, 1.82) is 0 Å². The van der Waals surface area contributed by atoms with E-state index in [1.165, 1.54) is 0 Å². The van der Waals surface area contributed by atoms with Gasteiger partial charge in [-0.2, -0.15) is 0 Å². The fourth-order valence-electron chi connectivity index (χ4n) is 7.86. The van der Waals surface area contributed by atoms with Crippen LogP contribution in [-0.2, 0) is 31.9 Å². The minimum Gasteiger partial charge on any atom is -0.507 e. The summed E-state index contributed by atoms with van der Waals surface area (Å²) in [6, 6.07) is 48.3. The first kappa shape index (κ1) is 41.2. The zero-order valence-corrected chi connectivity index (χ0v) is 38.6. The molecule has 0 saturated heterocycles. The smallest absolute Gasteiger partial charge is 0.148 e. The summed E-state index contributed by atoms with van der Waals surface area (Å²) in [5.41, 5.74) is 16.2. The van der Waals surface area contributed by atoms with E-state index < -0.39 is 5.89 Å². The summed E-state index contributed by atoms with van der Waals surface area (Å²) in [5, 5.41) is 11.9. The summed E-state index contributed by atoms with van der Waals surface area (Å²) >= 11 is 0. The van der Waals surface area contributed by atoms with Gasteiger partial charge in [-0.05, 0) is 94.3 Å². The molecule has 2 heterocycles. The molecular weight excluding hydrogens is 914 g/mol. The molecule has 1 N–H and O–H groups in total. The molecule has 0 bridgehead atoms. The van der Waals surface area contributed by atoms with Crippen LogP contribution in [0.1, 0.15) is 90.5 Å². The van der Waals surface area contributed by atoms with E-state index in [0.29, 0.717) is 11.4 Å². The zero-order valence-electron chi connectivity index (χ0n) is 37.3. The molecule has 0 unspecified atom stereocenters. The molecule has 0 aliphatic carbocycles. The first-order valence-electron chi connectivity index (χ1n) is 21.0. The Kier molecular flexibility index (Phi) is 11.3. The monoisotopic (exact) mass is 968 g/mol. The fourth-order valence-corrected chi connectivity index (χ4v) is 7.86. The third-order valence-electron chi connectivity index (χ3n) is 11.4. The zero-order chi connectivity index (χ0) is 42.7. The fraction of sp³-hybridized carbons (Fsp3) is 0.236. The standard InChI is InChI=1S/C55H54N3O.Pt/c1-34(2)37-20-22-38(23-21-37)40-25-26-56-48(32-40)42-29-41(30-44(31-42)55(8,9)10)45-17-14-18-50-51(45)57-53(47-33-43(54(5,6)7)28-36(4)52(47)59)58(50)49-24-19-35(3)27-46(49)39-15-12-11-13-16-39;/h11-28,30-34,59H,1-10H3;/q-1;/i34D;. The topological polar surface area (TPSA) is 50.9 Å². The normalized spacial score (nSPS) is 12.3. The van der Waals surface area contributed by atoms with Crippen molar-refractivity contribution in [3.8, 4) is 67.5 Å². The van der Waals surface area contributed by atoms with Gasteiger partial charge >= 0.3 is 0 Å². The van der Waals surface area contributed by atoms with Crippen molar-refractivity contribution in [3.63, 3.8) is 0 Å². The molecule has 0 radical (unpaired) electrons. The summed E-state index contributed by atoms with van der Waals surface area (Å²) in [7, 11) is 0. The number of fused-ring (bicyclic) bond motifs is 1. The van der Waals surface area contributed by atoms with Gasteiger partial charge in [-0.15, -0.1) is 29.3 Å². The molecule has 0 amide bonds. The number of aryl methyl sites for hydroxylation is 2. The summed E-state index contributed by atoms with van der Waals surface area (Å²) in [6.07, 6.45) is 1.87. The Morgan fingerprint density at radius 2 is 1.33 bits per heavy atom. The molecule has 0 aliphatic heterocycles. The summed E-state index contributed by atoms with van der Waals surface area (Å²) in [4.78, 5) is 10.4. The molecule has 2 aromatic heterocycles. The van der Waals surface area contributed by atoms with Crippen LogP contribution in [0, 0.1) is 19.9 Å². The van der Waals surface area contributed by atoms with Crippen LogP contribution in [-0.4, -0.2) is 19.6 Å². The number of hydrogen-bond acceptors (Lipinski definition) is 3. The quantitative estimate of drug-likeness (QED) is 0.162. The summed E-state index contributed by atoms with van der Waals surface area (Å²) < 4.78 is 10.7. The van der Waals surface area contributed by atoms with E-state index >= 15 is 0 Å². The van der Waals surface area contributed by atoms with Crippen LogP contribution in [0.2, 0.25) is 0 Å². The van der Waals surface area contributed by atoms with Crippen LogP contribution in [0.15, 0.2) is 134 Å². The molecule has 8 aromatic rings. The number of hydrogen-bond donors (Lipinski definition) is 1. The first-order valence-corrected chi connectivity index (χ1v) is 20.5. The number of rotatable bonds is 7. The van der Waals surface area contributed by atoms with Crippen LogP contribution in [0.4, 0.5) is 0 Å². The SMILES string of the molecule is [2H]C(C)(C)c1ccc(-c2ccnc(-c3[c-]c(-c4cccc5c4nc(-c4cc(C(C)(C)C)cc(C)c4O)n5-c4ccc(C)cc4-c4ccccc4)cc(C(C)(C)C)c3)c2)cc1.[Pt]. The van der Waals surface area contributed by atoms with Crippen molar-refractivity contribution >= 4 is 11.0 Å². The number of nitrogens with zero attached hydrogens (tertiary/aromatic N) is 3. The predicted molar refractivity (Wildman–Crippen MR) is 248 cm³/mol. The van der Waals surface area contributed by atoms with E-state index in [1.54, 1.807) is 0 Å². The van der Waals surface area contributed by atoms with Gasteiger partial charge in [-0.25, -0.2) is 4.98 Å². The second-order valence-electron chi connectivity index (χ2n) is 18.2. The van der Waals surface area contributed by atoms with Crippen molar-refractivity contribution < 1.29 is 27.5 Å². The maximum atomic E-state index is 11.9. The largest absolute Gasteiger partial charge is 0.507 e. The van der Waals surface area contributed by atoms with Crippen molar-refractivity contribution in [2.45, 2.75) is 86.0 Å². The predicted octanol–water partition coefficient (Wildman–Crippen LogP) is 14.6. The second kappa shape index (κ2) is 16.5. The van der Waals surface area contributed by atoms with Crippen LogP contribution in [0.3, 0.4) is 0 Å². The van der Waals surface area contributed by atoms with Gasteiger partial charge in [0, 0.05) is 39.9 Å². The van der Waals surface area contributed by atoms with E-state index in [4.69, 9.17) is 11.3 Å². The van der Waals surface area contributed by atoms with Gasteiger partial charge in [0.2, 0.25) is 0 Å². The minimum atomic E-state index is -0.666. The van der Waals surface area contributed by atoms with E-state index in [2.05, 4.69) is 162 Å². The number of aromatic nitrogens is 3. The Morgan fingerprint density at radius 3 is 2.02 bits per heavy atom. The molecule has 0 aliphatic rings. The number of benzene rings is 6. The molecule has 5 heteroatoms. The Hall–Kier alpha value is -5.57. The van der Waals surface area contributed by atoms with Crippen molar-refractivity contribution in [3.05, 3.63) is 167 Å². The average Bonchev–Trinajstić information content (AvgIpc) is 3.60. The first-order chi connectivity index (χ1) is 28.4. The van der Waals surface area contributed by atoms with Gasteiger partial charge in [0.1, 0.15) is 11.6 Å². The van der Waals surface area contributed by atoms with E-state index in [-0.39, 0.29) is 37.6 Å². The molecule has 0 saturated carbocycles. The van der Waals surface area contributed by atoms with Crippen LogP contribution in [0.25, 0.3) is 72.7 Å².